The molecule has 0 saturated heterocycles. The van der Waals surface area contributed by atoms with Gasteiger partial charge in [-0.3, -0.25) is 0 Å². The fourth-order valence-electron chi connectivity index (χ4n) is 2.44. The summed E-state index contributed by atoms with van der Waals surface area (Å²) in [4.78, 5) is 6.54. The number of methoxy groups -OCH3 is 2. The number of anilines is 1. The minimum Gasteiger partial charge on any atom is -0.497 e. The Hall–Kier alpha value is -2.76. The van der Waals surface area contributed by atoms with Crippen molar-refractivity contribution in [3.8, 4) is 11.5 Å². The van der Waals surface area contributed by atoms with Crippen LogP contribution in [0.3, 0.4) is 0 Å². The average Bonchev–Trinajstić information content (AvgIpc) is 3.02. The van der Waals surface area contributed by atoms with Gasteiger partial charge in [-0.2, -0.15) is 5.10 Å². The van der Waals surface area contributed by atoms with Gasteiger partial charge in [0.1, 0.15) is 17.0 Å². The predicted octanol–water partition coefficient (Wildman–Crippen LogP) is 2.38. The van der Waals surface area contributed by atoms with Crippen LogP contribution in [-0.4, -0.2) is 35.9 Å². The van der Waals surface area contributed by atoms with Crippen molar-refractivity contribution >= 4 is 11.3 Å². The van der Waals surface area contributed by atoms with Gasteiger partial charge in [0.25, 0.3) is 0 Å². The number of hydrogen-bond donors (Lipinski definition) is 0. The number of nitrogens with zero attached hydrogens (tertiary/aromatic N) is 4. The van der Waals surface area contributed by atoms with Gasteiger partial charge < -0.3 is 14.4 Å². The van der Waals surface area contributed by atoms with E-state index in [2.05, 4.69) is 15.0 Å². The van der Waals surface area contributed by atoms with Crippen molar-refractivity contribution in [3.63, 3.8) is 0 Å². The first-order valence-corrected chi connectivity index (χ1v) is 6.92. The highest BCUT2D eigenvalue weighted by Crippen LogP contribution is 2.25. The van der Waals surface area contributed by atoms with E-state index in [0.29, 0.717) is 6.54 Å². The van der Waals surface area contributed by atoms with Gasteiger partial charge >= 0.3 is 0 Å². The van der Waals surface area contributed by atoms with Crippen molar-refractivity contribution in [2.75, 3.05) is 26.2 Å². The molecule has 0 unspecified atom stereocenters. The van der Waals surface area contributed by atoms with E-state index in [1.54, 1.807) is 26.6 Å². The first kappa shape index (κ1) is 14.2. The fourth-order valence-corrected chi connectivity index (χ4v) is 2.44. The molecule has 0 aliphatic carbocycles. The van der Waals surface area contributed by atoms with Gasteiger partial charge in [0.2, 0.25) is 0 Å². The molecular weight excluding hydrogens is 280 g/mol. The maximum Gasteiger partial charge on any atom is 0.154 e. The molecule has 0 bridgehead atoms. The second kappa shape index (κ2) is 5.93. The van der Waals surface area contributed by atoms with Crippen LogP contribution in [0.15, 0.2) is 42.9 Å². The summed E-state index contributed by atoms with van der Waals surface area (Å²) in [7, 11) is 5.30. The summed E-state index contributed by atoms with van der Waals surface area (Å²) in [5, 5.41) is 4.23. The average molecular weight is 298 g/mol. The second-order valence-corrected chi connectivity index (χ2v) is 4.99. The standard InChI is InChI=1S/C16H18N4O2/c1-19(16-15-4-5-18-20(15)7-6-17-16)11-12-8-13(21-2)10-14(9-12)22-3/h4-10H,11H2,1-3H3. The van der Waals surface area contributed by atoms with Crippen LogP contribution in [0, 0.1) is 0 Å². The lowest BCUT2D eigenvalue weighted by Gasteiger charge is -2.19. The van der Waals surface area contributed by atoms with Crippen LogP contribution in [0.4, 0.5) is 5.82 Å². The normalized spacial score (nSPS) is 10.7. The van der Waals surface area contributed by atoms with E-state index in [1.807, 2.05) is 42.0 Å². The molecule has 0 aliphatic rings. The summed E-state index contributed by atoms with van der Waals surface area (Å²) < 4.78 is 12.4. The summed E-state index contributed by atoms with van der Waals surface area (Å²) in [5.74, 6) is 2.43. The van der Waals surface area contributed by atoms with Gasteiger partial charge in [-0.15, -0.1) is 0 Å². The van der Waals surface area contributed by atoms with E-state index < -0.39 is 0 Å². The van der Waals surface area contributed by atoms with Crippen molar-refractivity contribution in [2.45, 2.75) is 6.54 Å². The zero-order valence-electron chi connectivity index (χ0n) is 12.9. The zero-order chi connectivity index (χ0) is 15.5. The van der Waals surface area contributed by atoms with Crippen LogP contribution in [0.2, 0.25) is 0 Å². The highest BCUT2D eigenvalue weighted by atomic mass is 16.5. The molecule has 0 spiro atoms. The van der Waals surface area contributed by atoms with E-state index >= 15 is 0 Å². The number of fused-ring (bicyclic) bond motifs is 1. The summed E-state index contributed by atoms with van der Waals surface area (Å²) >= 11 is 0. The Morgan fingerprint density at radius 1 is 1.09 bits per heavy atom. The number of rotatable bonds is 5. The van der Waals surface area contributed by atoms with Crippen LogP contribution in [0.25, 0.3) is 5.52 Å². The predicted molar refractivity (Wildman–Crippen MR) is 84.6 cm³/mol. The molecule has 1 aromatic carbocycles. The summed E-state index contributed by atoms with van der Waals surface area (Å²) in [6.07, 6.45) is 5.35. The summed E-state index contributed by atoms with van der Waals surface area (Å²) in [6.45, 7) is 0.686. The lowest BCUT2D eigenvalue weighted by atomic mass is 10.2. The van der Waals surface area contributed by atoms with Gasteiger partial charge in [-0.25, -0.2) is 9.50 Å². The molecular formula is C16H18N4O2. The van der Waals surface area contributed by atoms with Crippen molar-refractivity contribution in [1.29, 1.82) is 0 Å². The molecule has 2 aromatic heterocycles. The molecule has 0 amide bonds. The second-order valence-electron chi connectivity index (χ2n) is 4.99. The Balaban J connectivity index is 1.91. The van der Waals surface area contributed by atoms with Crippen molar-refractivity contribution in [2.24, 2.45) is 0 Å². The van der Waals surface area contributed by atoms with Crippen LogP contribution in [0.1, 0.15) is 5.56 Å². The fraction of sp³-hybridized carbons (Fsp3) is 0.250. The highest BCUT2D eigenvalue weighted by molar-refractivity contribution is 5.68. The molecule has 6 heteroatoms. The first-order valence-electron chi connectivity index (χ1n) is 6.92. The molecule has 0 atom stereocenters. The van der Waals surface area contributed by atoms with E-state index in [-0.39, 0.29) is 0 Å². The minimum absolute atomic E-state index is 0.686. The molecule has 114 valence electrons. The Labute approximate surface area is 128 Å². The van der Waals surface area contributed by atoms with Gasteiger partial charge in [0, 0.05) is 32.1 Å². The molecule has 0 saturated carbocycles. The molecule has 3 rings (SSSR count). The maximum atomic E-state index is 5.31. The molecule has 0 fully saturated rings. The molecule has 0 aliphatic heterocycles. The van der Waals surface area contributed by atoms with E-state index in [9.17, 15) is 0 Å². The molecule has 6 nitrogen and oxygen atoms in total. The quantitative estimate of drug-likeness (QED) is 0.724. The Bertz CT molecular complexity index is 762. The van der Waals surface area contributed by atoms with Crippen molar-refractivity contribution < 1.29 is 9.47 Å². The van der Waals surface area contributed by atoms with Crippen LogP contribution in [-0.2, 0) is 6.54 Å². The van der Waals surface area contributed by atoms with Gasteiger partial charge in [0.05, 0.1) is 20.4 Å². The smallest absolute Gasteiger partial charge is 0.154 e. The summed E-state index contributed by atoms with van der Waals surface area (Å²) in [5.41, 5.74) is 2.06. The molecule has 22 heavy (non-hydrogen) atoms. The van der Waals surface area contributed by atoms with Crippen LogP contribution >= 0.6 is 0 Å². The molecule has 2 heterocycles. The van der Waals surface area contributed by atoms with Gasteiger partial charge in [0.15, 0.2) is 5.82 Å². The summed E-state index contributed by atoms with van der Waals surface area (Å²) in [6, 6.07) is 7.80. The lowest BCUT2D eigenvalue weighted by Crippen LogP contribution is -2.18. The Morgan fingerprint density at radius 3 is 2.50 bits per heavy atom. The Morgan fingerprint density at radius 2 is 1.82 bits per heavy atom. The van der Waals surface area contributed by atoms with E-state index in [0.717, 1.165) is 28.4 Å². The van der Waals surface area contributed by atoms with Crippen molar-refractivity contribution in [3.05, 3.63) is 48.4 Å². The first-order chi connectivity index (χ1) is 10.7. The maximum absolute atomic E-state index is 5.31. The number of aromatic nitrogens is 3. The zero-order valence-corrected chi connectivity index (χ0v) is 12.9. The van der Waals surface area contributed by atoms with Gasteiger partial charge in [-0.05, 0) is 23.8 Å². The molecule has 3 aromatic rings. The third-order valence-corrected chi connectivity index (χ3v) is 3.50. The van der Waals surface area contributed by atoms with Gasteiger partial charge in [-0.1, -0.05) is 0 Å². The monoisotopic (exact) mass is 298 g/mol. The molecule has 0 N–H and O–H groups in total. The highest BCUT2D eigenvalue weighted by Gasteiger charge is 2.10. The SMILES string of the molecule is COc1cc(CN(C)c2nccn3nccc23)cc(OC)c1. The topological polar surface area (TPSA) is 51.9 Å². The third kappa shape index (κ3) is 2.67. The molecule has 0 radical (unpaired) electrons. The number of ether oxygens (including phenoxy) is 2. The Kier molecular flexibility index (Phi) is 3.82. The largest absolute Gasteiger partial charge is 0.497 e. The van der Waals surface area contributed by atoms with Crippen LogP contribution in [0.5, 0.6) is 11.5 Å². The number of benzene rings is 1. The minimum atomic E-state index is 0.686. The lowest BCUT2D eigenvalue weighted by molar-refractivity contribution is 0.393. The van der Waals surface area contributed by atoms with Crippen molar-refractivity contribution in [1.82, 2.24) is 14.6 Å². The third-order valence-electron chi connectivity index (χ3n) is 3.50. The number of hydrogen-bond acceptors (Lipinski definition) is 5. The van der Waals surface area contributed by atoms with Crippen LogP contribution < -0.4 is 14.4 Å². The van der Waals surface area contributed by atoms with E-state index in [1.165, 1.54) is 0 Å². The van der Waals surface area contributed by atoms with E-state index in [4.69, 9.17) is 9.47 Å².